The summed E-state index contributed by atoms with van der Waals surface area (Å²) in [4.78, 5) is 0.0993. The second kappa shape index (κ2) is 7.51. The summed E-state index contributed by atoms with van der Waals surface area (Å²) in [6.07, 6.45) is 0. The second-order valence-corrected chi connectivity index (χ2v) is 8.68. The van der Waals surface area contributed by atoms with Crippen LogP contribution in [0.3, 0.4) is 0 Å². The zero-order valence-electron chi connectivity index (χ0n) is 13.3. The summed E-state index contributed by atoms with van der Waals surface area (Å²) in [5.74, 6) is 0. The molecule has 22 heavy (non-hydrogen) atoms. The van der Waals surface area contributed by atoms with E-state index in [0.29, 0.717) is 18.7 Å². The second-order valence-electron chi connectivity index (χ2n) is 4.81. The first-order valence-electron chi connectivity index (χ1n) is 6.92. The monoisotopic (exact) mass is 349 g/mol. The van der Waals surface area contributed by atoms with E-state index in [1.54, 1.807) is 32.0 Å². The molecule has 0 aliphatic rings. The van der Waals surface area contributed by atoms with Gasteiger partial charge in [-0.2, -0.15) is 17.4 Å². The summed E-state index contributed by atoms with van der Waals surface area (Å²) in [7, 11) is -4.38. The maximum atomic E-state index is 12.3. The summed E-state index contributed by atoms with van der Waals surface area (Å²) in [6, 6.07) is 6.35. The Bertz CT molecular complexity index is 696. The molecule has 1 aromatic rings. The molecule has 0 saturated carbocycles. The standard InChI is InChI=1S/C13H23N3O4S2/c1-5-16(6-2)22(19,20)14-11-12-9-7-8-10-13(12)21(17,18)15(3)4/h7-10,14H,5-6,11H2,1-4H3. The smallest absolute Gasteiger partial charge is 0.207 e. The Balaban J connectivity index is 3.07. The molecule has 0 bridgehead atoms. The number of hydrogen-bond donors (Lipinski definition) is 1. The molecule has 0 saturated heterocycles. The van der Waals surface area contributed by atoms with Gasteiger partial charge >= 0.3 is 0 Å². The Morgan fingerprint density at radius 2 is 1.55 bits per heavy atom. The molecule has 0 aliphatic heterocycles. The molecule has 0 amide bonds. The first kappa shape index (κ1) is 19.0. The molecule has 1 rings (SSSR count). The Kier molecular flexibility index (Phi) is 6.50. The number of hydrogen-bond acceptors (Lipinski definition) is 4. The predicted molar refractivity (Wildman–Crippen MR) is 86.0 cm³/mol. The van der Waals surface area contributed by atoms with Crippen LogP contribution < -0.4 is 4.72 Å². The molecule has 0 atom stereocenters. The average Bonchev–Trinajstić information content (AvgIpc) is 2.46. The Morgan fingerprint density at radius 1 is 1.00 bits per heavy atom. The zero-order valence-corrected chi connectivity index (χ0v) is 14.9. The van der Waals surface area contributed by atoms with E-state index in [9.17, 15) is 16.8 Å². The molecule has 0 spiro atoms. The van der Waals surface area contributed by atoms with Crippen LogP contribution >= 0.6 is 0 Å². The van der Waals surface area contributed by atoms with Gasteiger partial charge in [0.2, 0.25) is 10.0 Å². The summed E-state index contributed by atoms with van der Waals surface area (Å²) in [6.45, 7) is 4.11. The van der Waals surface area contributed by atoms with Crippen molar-refractivity contribution in [2.45, 2.75) is 25.3 Å². The van der Waals surface area contributed by atoms with Crippen molar-refractivity contribution in [1.82, 2.24) is 13.3 Å². The molecular weight excluding hydrogens is 326 g/mol. The predicted octanol–water partition coefficient (Wildman–Crippen LogP) is 0.613. The van der Waals surface area contributed by atoms with Gasteiger partial charge in [-0.1, -0.05) is 32.0 Å². The van der Waals surface area contributed by atoms with Gasteiger partial charge in [-0.25, -0.2) is 12.7 Å². The summed E-state index contributed by atoms with van der Waals surface area (Å²) in [5, 5.41) is 0. The van der Waals surface area contributed by atoms with Crippen molar-refractivity contribution in [3.8, 4) is 0 Å². The van der Waals surface area contributed by atoms with E-state index in [2.05, 4.69) is 4.72 Å². The normalized spacial score (nSPS) is 13.0. The minimum atomic E-state index is -3.63. The van der Waals surface area contributed by atoms with Crippen LogP contribution in [-0.4, -0.2) is 52.6 Å². The van der Waals surface area contributed by atoms with Gasteiger partial charge in [-0.15, -0.1) is 0 Å². The molecule has 0 unspecified atom stereocenters. The maximum Gasteiger partial charge on any atom is 0.279 e. The fraction of sp³-hybridized carbons (Fsp3) is 0.538. The molecule has 126 valence electrons. The van der Waals surface area contributed by atoms with Crippen molar-refractivity contribution in [1.29, 1.82) is 0 Å². The fourth-order valence-corrected chi connectivity index (χ4v) is 4.24. The molecule has 0 aromatic heterocycles. The molecule has 0 heterocycles. The third-order valence-corrected chi connectivity index (χ3v) is 6.84. The number of nitrogens with zero attached hydrogens (tertiary/aromatic N) is 2. The van der Waals surface area contributed by atoms with E-state index in [1.165, 1.54) is 24.5 Å². The Labute approximate surface area is 133 Å². The number of benzene rings is 1. The van der Waals surface area contributed by atoms with Crippen LogP contribution in [-0.2, 0) is 26.8 Å². The lowest BCUT2D eigenvalue weighted by Crippen LogP contribution is -2.40. The largest absolute Gasteiger partial charge is 0.279 e. The van der Waals surface area contributed by atoms with Gasteiger partial charge in [0, 0.05) is 33.7 Å². The van der Waals surface area contributed by atoms with Gasteiger partial charge in [-0.3, -0.25) is 0 Å². The van der Waals surface area contributed by atoms with Gasteiger partial charge in [0.25, 0.3) is 10.2 Å². The molecule has 0 radical (unpaired) electrons. The highest BCUT2D eigenvalue weighted by atomic mass is 32.2. The van der Waals surface area contributed by atoms with Crippen LogP contribution in [0.1, 0.15) is 19.4 Å². The van der Waals surface area contributed by atoms with Crippen LogP contribution in [0.4, 0.5) is 0 Å². The van der Waals surface area contributed by atoms with Gasteiger partial charge in [0.05, 0.1) is 4.90 Å². The van der Waals surface area contributed by atoms with Crippen LogP contribution in [0.2, 0.25) is 0 Å². The lowest BCUT2D eigenvalue weighted by molar-refractivity contribution is 0.434. The Morgan fingerprint density at radius 3 is 2.05 bits per heavy atom. The minimum absolute atomic E-state index is 0.0813. The van der Waals surface area contributed by atoms with E-state index >= 15 is 0 Å². The first-order chi connectivity index (χ1) is 10.2. The number of rotatable bonds is 8. The summed E-state index contributed by atoms with van der Waals surface area (Å²) >= 11 is 0. The zero-order chi connectivity index (χ0) is 17.0. The van der Waals surface area contributed by atoms with Crippen molar-refractivity contribution in [2.24, 2.45) is 0 Å². The summed E-state index contributed by atoms with van der Waals surface area (Å²) in [5.41, 5.74) is 0.409. The topological polar surface area (TPSA) is 86.8 Å². The lowest BCUT2D eigenvalue weighted by Gasteiger charge is -2.20. The van der Waals surface area contributed by atoms with Crippen LogP contribution in [0.5, 0.6) is 0 Å². The molecular formula is C13H23N3O4S2. The first-order valence-corrected chi connectivity index (χ1v) is 9.80. The van der Waals surface area contributed by atoms with E-state index in [0.717, 1.165) is 4.31 Å². The van der Waals surface area contributed by atoms with Crippen LogP contribution in [0.25, 0.3) is 0 Å². The quantitative estimate of drug-likeness (QED) is 0.745. The van der Waals surface area contributed by atoms with Gasteiger partial charge in [0.15, 0.2) is 0 Å². The minimum Gasteiger partial charge on any atom is -0.207 e. The van der Waals surface area contributed by atoms with Crippen molar-refractivity contribution in [3.05, 3.63) is 29.8 Å². The van der Waals surface area contributed by atoms with E-state index in [-0.39, 0.29) is 11.4 Å². The Hall–Kier alpha value is -1.00. The highest BCUT2D eigenvalue weighted by molar-refractivity contribution is 7.89. The molecule has 9 heteroatoms. The van der Waals surface area contributed by atoms with Gasteiger partial charge in [-0.05, 0) is 11.6 Å². The average molecular weight is 349 g/mol. The van der Waals surface area contributed by atoms with Gasteiger partial charge < -0.3 is 0 Å². The van der Waals surface area contributed by atoms with E-state index in [4.69, 9.17) is 0 Å². The molecule has 1 N–H and O–H groups in total. The van der Waals surface area contributed by atoms with Crippen LogP contribution in [0, 0.1) is 0 Å². The van der Waals surface area contributed by atoms with Crippen molar-refractivity contribution < 1.29 is 16.8 Å². The fourth-order valence-electron chi connectivity index (χ4n) is 1.92. The third kappa shape index (κ3) is 4.26. The highest BCUT2D eigenvalue weighted by Gasteiger charge is 2.23. The number of nitrogens with one attached hydrogen (secondary N) is 1. The SMILES string of the molecule is CCN(CC)S(=O)(=O)NCc1ccccc1S(=O)(=O)N(C)C. The summed E-state index contributed by atoms with van der Waals surface area (Å²) < 4.78 is 53.6. The highest BCUT2D eigenvalue weighted by Crippen LogP contribution is 2.18. The van der Waals surface area contributed by atoms with Crippen LogP contribution in [0.15, 0.2) is 29.2 Å². The van der Waals surface area contributed by atoms with E-state index < -0.39 is 20.2 Å². The maximum absolute atomic E-state index is 12.3. The van der Waals surface area contributed by atoms with Crippen molar-refractivity contribution in [3.63, 3.8) is 0 Å². The van der Waals surface area contributed by atoms with Gasteiger partial charge in [0.1, 0.15) is 0 Å². The lowest BCUT2D eigenvalue weighted by atomic mass is 10.2. The third-order valence-electron chi connectivity index (χ3n) is 3.22. The van der Waals surface area contributed by atoms with Crippen molar-refractivity contribution in [2.75, 3.05) is 27.2 Å². The molecule has 0 fully saturated rings. The molecule has 0 aliphatic carbocycles. The number of sulfonamides is 1. The van der Waals surface area contributed by atoms with Crippen molar-refractivity contribution >= 4 is 20.2 Å². The van der Waals surface area contributed by atoms with E-state index in [1.807, 2.05) is 0 Å². The molecule has 7 nitrogen and oxygen atoms in total. The molecule has 1 aromatic carbocycles.